The molecule has 0 saturated carbocycles. The maximum absolute atomic E-state index is 12.4. The Bertz CT molecular complexity index is 1250. The van der Waals surface area contributed by atoms with Gasteiger partial charge in [0.25, 0.3) is 11.8 Å². The smallest absolute Gasteiger partial charge is 0.350 e. The number of halogens is 1. The Hall–Kier alpha value is -4.25. The van der Waals surface area contributed by atoms with E-state index in [0.717, 1.165) is 10.9 Å². The van der Waals surface area contributed by atoms with Crippen molar-refractivity contribution in [2.75, 3.05) is 12.4 Å². The zero-order chi connectivity index (χ0) is 24.8. The molecule has 2 amide bonds. The van der Waals surface area contributed by atoms with Crippen LogP contribution >= 0.6 is 11.6 Å². The quantitative estimate of drug-likeness (QED) is 0.283. The van der Waals surface area contributed by atoms with E-state index in [1.807, 2.05) is 0 Å². The monoisotopic (exact) mass is 484 g/mol. The molecule has 0 saturated heterocycles. The van der Waals surface area contributed by atoms with E-state index in [1.165, 1.54) is 14.0 Å². The van der Waals surface area contributed by atoms with E-state index in [4.69, 9.17) is 16.3 Å². The Kier molecular flexibility index (Phi) is 7.59. The summed E-state index contributed by atoms with van der Waals surface area (Å²) in [4.78, 5) is 35.2. The summed E-state index contributed by atoms with van der Waals surface area (Å²) in [7, 11) is 1.26. The maximum atomic E-state index is 12.4. The zero-order valence-corrected chi connectivity index (χ0v) is 19.2. The van der Waals surface area contributed by atoms with E-state index in [0.29, 0.717) is 27.5 Å². The summed E-state index contributed by atoms with van der Waals surface area (Å²) < 4.78 is 6.01. The lowest BCUT2D eigenvalue weighted by Crippen LogP contribution is -2.28. The number of ether oxygens (including phenoxy) is 1. The van der Waals surface area contributed by atoms with Crippen molar-refractivity contribution in [2.24, 2.45) is 5.10 Å². The van der Waals surface area contributed by atoms with Crippen LogP contribution in [-0.4, -0.2) is 39.3 Å². The molecule has 0 aliphatic carbocycles. The number of aromatic nitrogens is 2. The number of methoxy groups -OCH3 is 1. The molecule has 0 unspecified atom stereocenters. The van der Waals surface area contributed by atoms with Gasteiger partial charge in [-0.15, -0.1) is 5.10 Å². The Balaban J connectivity index is 1.63. The fourth-order valence-electron chi connectivity index (χ4n) is 2.88. The van der Waals surface area contributed by atoms with Crippen molar-refractivity contribution in [3.05, 3.63) is 81.0 Å². The molecular weight excluding hydrogens is 464 g/mol. The van der Waals surface area contributed by atoms with Gasteiger partial charge in [-0.3, -0.25) is 19.7 Å². The molecule has 3 aromatic rings. The van der Waals surface area contributed by atoms with Gasteiger partial charge in [0.2, 0.25) is 0 Å². The van der Waals surface area contributed by atoms with Gasteiger partial charge in [-0.05, 0) is 49.7 Å². The second-order valence-corrected chi connectivity index (χ2v) is 7.59. The van der Waals surface area contributed by atoms with Crippen LogP contribution in [0.15, 0.2) is 59.8 Å². The maximum Gasteiger partial charge on any atom is 0.350 e. The molecule has 1 atom stereocenters. The zero-order valence-electron chi connectivity index (χ0n) is 18.5. The number of hydrogen-bond acceptors (Lipinski definition) is 7. The normalized spacial score (nSPS) is 12.1. The average Bonchev–Trinajstić information content (AvgIpc) is 3.27. The van der Waals surface area contributed by atoms with Crippen LogP contribution in [0, 0.1) is 10.1 Å². The van der Waals surface area contributed by atoms with E-state index in [9.17, 15) is 19.7 Å². The predicted octanol–water partition coefficient (Wildman–Crippen LogP) is 3.81. The van der Waals surface area contributed by atoms with E-state index >= 15 is 0 Å². The number of nitro groups is 1. The highest BCUT2D eigenvalue weighted by atomic mass is 35.5. The molecule has 0 aliphatic rings. The number of anilines is 1. The Morgan fingerprint density at radius 3 is 2.50 bits per heavy atom. The second kappa shape index (κ2) is 10.6. The standard InChI is InChI=1S/C22H21ClN6O5/c1-13(25-26-20(30)14(2)28-12-19(29(32)33)22(27-28)34-3)15-7-9-18(10-8-15)24-21(31)16-5-4-6-17(23)11-16/h4-12,14H,1-3H3,(H,24,31)(H,26,30)/b25-13-/t14-/m1/s1. The van der Waals surface area contributed by atoms with Gasteiger partial charge in [0, 0.05) is 16.3 Å². The van der Waals surface area contributed by atoms with Crippen LogP contribution in [0.25, 0.3) is 0 Å². The number of rotatable bonds is 8. The van der Waals surface area contributed by atoms with Crippen LogP contribution in [0.3, 0.4) is 0 Å². The highest BCUT2D eigenvalue weighted by molar-refractivity contribution is 6.31. The molecule has 2 N–H and O–H groups in total. The van der Waals surface area contributed by atoms with Crippen molar-refractivity contribution in [1.29, 1.82) is 0 Å². The molecule has 1 heterocycles. The summed E-state index contributed by atoms with van der Waals surface area (Å²) in [5.74, 6) is -1.01. The van der Waals surface area contributed by atoms with Gasteiger partial charge in [-0.2, -0.15) is 5.10 Å². The topological polar surface area (TPSA) is 141 Å². The van der Waals surface area contributed by atoms with Gasteiger partial charge in [-0.1, -0.05) is 29.8 Å². The van der Waals surface area contributed by atoms with E-state index in [2.05, 4.69) is 20.9 Å². The summed E-state index contributed by atoms with van der Waals surface area (Å²) in [6.45, 7) is 3.22. The molecule has 0 radical (unpaired) electrons. The Morgan fingerprint density at radius 2 is 1.91 bits per heavy atom. The molecule has 0 bridgehead atoms. The van der Waals surface area contributed by atoms with Gasteiger partial charge in [-0.25, -0.2) is 10.1 Å². The van der Waals surface area contributed by atoms with Crippen LogP contribution in [-0.2, 0) is 4.79 Å². The highest BCUT2D eigenvalue weighted by Gasteiger charge is 2.25. The van der Waals surface area contributed by atoms with Gasteiger partial charge < -0.3 is 10.1 Å². The third-order valence-corrected chi connectivity index (χ3v) is 5.06. The Labute approximate surface area is 199 Å². The molecular formula is C22H21ClN6O5. The third-order valence-electron chi connectivity index (χ3n) is 4.83. The lowest BCUT2D eigenvalue weighted by Gasteiger charge is -2.10. The van der Waals surface area contributed by atoms with Crippen LogP contribution in [0.1, 0.15) is 35.8 Å². The molecule has 3 rings (SSSR count). The SMILES string of the molecule is COc1nn([C@H](C)C(=O)N/N=C(/C)c2ccc(NC(=O)c3cccc(Cl)c3)cc2)cc1[N+](=O)[O-]. The minimum atomic E-state index is -0.872. The molecule has 11 nitrogen and oxygen atoms in total. The molecule has 0 spiro atoms. The summed E-state index contributed by atoms with van der Waals surface area (Å²) in [5.41, 5.74) is 4.32. The van der Waals surface area contributed by atoms with E-state index in [-0.39, 0.29) is 17.5 Å². The first-order valence-corrected chi connectivity index (χ1v) is 10.4. The summed E-state index contributed by atoms with van der Waals surface area (Å²) in [6.07, 6.45) is 1.12. The van der Waals surface area contributed by atoms with Crippen LogP contribution in [0.4, 0.5) is 11.4 Å². The van der Waals surface area contributed by atoms with Crippen molar-refractivity contribution in [2.45, 2.75) is 19.9 Å². The molecule has 34 heavy (non-hydrogen) atoms. The lowest BCUT2D eigenvalue weighted by atomic mass is 10.1. The number of nitrogens with one attached hydrogen (secondary N) is 2. The number of hydrazone groups is 1. The summed E-state index contributed by atoms with van der Waals surface area (Å²) >= 11 is 5.92. The molecule has 0 fully saturated rings. The number of amides is 2. The van der Waals surface area contributed by atoms with Crippen LogP contribution in [0.5, 0.6) is 5.88 Å². The highest BCUT2D eigenvalue weighted by Crippen LogP contribution is 2.26. The van der Waals surface area contributed by atoms with E-state index in [1.54, 1.807) is 55.5 Å². The van der Waals surface area contributed by atoms with Crippen molar-refractivity contribution >= 4 is 40.5 Å². The number of hydrogen-bond donors (Lipinski definition) is 2. The van der Waals surface area contributed by atoms with Gasteiger partial charge in [0.15, 0.2) is 0 Å². The first-order valence-electron chi connectivity index (χ1n) is 9.98. The minimum absolute atomic E-state index is 0.188. The van der Waals surface area contributed by atoms with Crippen molar-refractivity contribution in [1.82, 2.24) is 15.2 Å². The molecule has 0 aliphatic heterocycles. The molecule has 1 aromatic heterocycles. The predicted molar refractivity (Wildman–Crippen MR) is 126 cm³/mol. The van der Waals surface area contributed by atoms with Crippen LogP contribution < -0.4 is 15.5 Å². The first-order chi connectivity index (χ1) is 16.2. The molecule has 176 valence electrons. The fourth-order valence-corrected chi connectivity index (χ4v) is 3.07. The summed E-state index contributed by atoms with van der Waals surface area (Å²) in [5, 5.41) is 22.3. The number of carbonyl (C=O) groups is 2. The average molecular weight is 485 g/mol. The van der Waals surface area contributed by atoms with Crippen molar-refractivity contribution < 1.29 is 19.2 Å². The van der Waals surface area contributed by atoms with Gasteiger partial charge in [0.05, 0.1) is 17.7 Å². The number of nitrogens with zero attached hydrogens (tertiary/aromatic N) is 4. The largest absolute Gasteiger partial charge is 0.475 e. The minimum Gasteiger partial charge on any atom is -0.475 e. The summed E-state index contributed by atoms with van der Waals surface area (Å²) in [6, 6.07) is 12.6. The number of benzene rings is 2. The third kappa shape index (κ3) is 5.75. The fraction of sp³-hybridized carbons (Fsp3) is 0.182. The van der Waals surface area contributed by atoms with Gasteiger partial charge in [0.1, 0.15) is 12.2 Å². The second-order valence-electron chi connectivity index (χ2n) is 7.15. The van der Waals surface area contributed by atoms with Gasteiger partial charge >= 0.3 is 11.6 Å². The van der Waals surface area contributed by atoms with Crippen molar-refractivity contribution in [3.63, 3.8) is 0 Å². The molecule has 12 heteroatoms. The van der Waals surface area contributed by atoms with Crippen molar-refractivity contribution in [3.8, 4) is 5.88 Å². The first kappa shape index (κ1) is 24.4. The van der Waals surface area contributed by atoms with E-state index < -0.39 is 16.9 Å². The Morgan fingerprint density at radius 1 is 1.21 bits per heavy atom. The van der Waals surface area contributed by atoms with Crippen LogP contribution in [0.2, 0.25) is 5.02 Å². The molecule has 2 aromatic carbocycles. The number of carbonyl (C=O) groups excluding carboxylic acids is 2. The lowest BCUT2D eigenvalue weighted by molar-refractivity contribution is -0.385.